The maximum atomic E-state index is 14.3. The Balaban J connectivity index is 1.30. The van der Waals surface area contributed by atoms with Crippen molar-refractivity contribution in [2.75, 3.05) is 20.3 Å². The Morgan fingerprint density at radius 1 is 1.08 bits per heavy atom. The van der Waals surface area contributed by atoms with Gasteiger partial charge < -0.3 is 9.47 Å². The number of amidine groups is 1. The quantitative estimate of drug-likeness (QED) is 0.423. The molecular formula is C31H31F2N3O2. The van der Waals surface area contributed by atoms with Crippen LogP contribution in [0.2, 0.25) is 0 Å². The fourth-order valence-electron chi connectivity index (χ4n) is 4.89. The van der Waals surface area contributed by atoms with Crippen molar-refractivity contribution in [1.82, 2.24) is 0 Å². The number of nitrogens with zero attached hydrogens (tertiary/aromatic N) is 3. The fraction of sp³-hybridized carbons (Fsp3) is 0.323. The van der Waals surface area contributed by atoms with Crippen LogP contribution in [0.25, 0.3) is 5.57 Å². The molecule has 0 radical (unpaired) electrons. The summed E-state index contributed by atoms with van der Waals surface area (Å²) in [5.74, 6) is -0.408. The number of benzene rings is 2. The molecule has 0 N–H and O–H groups in total. The summed E-state index contributed by atoms with van der Waals surface area (Å²) in [7, 11) is 1.70. The molecule has 1 unspecified atom stereocenters. The Hall–Kier alpha value is -3.71. The Kier molecular flexibility index (Phi) is 8.03. The van der Waals surface area contributed by atoms with Crippen molar-refractivity contribution in [3.05, 3.63) is 100.0 Å². The standard InChI is InChI=1S/C31H31F2N3O2/c1-20-13-14-38-24(16-26(20)23-11-9-21(10-12-23)19-37-2)15-22-5-3-8-28-29(18-34-17-22)36-31(35-28)25-6-4-7-27(32)30(25)33/h4,6-12,16,18,22H,3,5,13-15,17,19H2,1-2H3. The molecular weight excluding hydrogens is 484 g/mol. The minimum Gasteiger partial charge on any atom is -0.498 e. The molecule has 7 heteroatoms. The number of hydrogen-bond donors (Lipinski definition) is 0. The monoisotopic (exact) mass is 515 g/mol. The number of hydrogen-bond acceptors (Lipinski definition) is 5. The first-order valence-corrected chi connectivity index (χ1v) is 13.0. The Bertz CT molecular complexity index is 1380. The molecule has 2 aromatic rings. The molecule has 0 saturated carbocycles. The lowest BCUT2D eigenvalue weighted by Crippen LogP contribution is -2.08. The van der Waals surface area contributed by atoms with Crippen molar-refractivity contribution >= 4 is 23.3 Å². The minimum atomic E-state index is -0.939. The van der Waals surface area contributed by atoms with Gasteiger partial charge in [-0.25, -0.2) is 18.8 Å². The highest BCUT2D eigenvalue weighted by molar-refractivity contribution is 6.42. The number of methoxy groups -OCH3 is 1. The van der Waals surface area contributed by atoms with Crippen molar-refractivity contribution < 1.29 is 18.3 Å². The molecule has 0 amide bonds. The van der Waals surface area contributed by atoms with Crippen LogP contribution in [0.15, 0.2) is 86.6 Å². The topological polar surface area (TPSA) is 55.5 Å². The Morgan fingerprint density at radius 3 is 2.74 bits per heavy atom. The average Bonchev–Trinajstić information content (AvgIpc) is 3.25. The van der Waals surface area contributed by atoms with E-state index in [4.69, 9.17) is 9.47 Å². The summed E-state index contributed by atoms with van der Waals surface area (Å²) in [6.07, 6.45) is 9.23. The largest absolute Gasteiger partial charge is 0.498 e. The van der Waals surface area contributed by atoms with Crippen LogP contribution in [-0.4, -0.2) is 38.0 Å². The third-order valence-corrected chi connectivity index (χ3v) is 6.99. The molecule has 0 aliphatic carbocycles. The maximum Gasteiger partial charge on any atom is 0.169 e. The first-order chi connectivity index (χ1) is 18.5. The van der Waals surface area contributed by atoms with Crippen molar-refractivity contribution in [2.24, 2.45) is 20.9 Å². The number of aliphatic imine (C=N–C) groups is 3. The summed E-state index contributed by atoms with van der Waals surface area (Å²) in [5, 5.41) is 0. The number of fused-ring (bicyclic) bond motifs is 1. The predicted octanol–water partition coefficient (Wildman–Crippen LogP) is 6.85. The second-order valence-electron chi connectivity index (χ2n) is 9.80. The molecule has 5 nitrogen and oxygen atoms in total. The summed E-state index contributed by atoms with van der Waals surface area (Å²) in [5.41, 5.74) is 6.13. The van der Waals surface area contributed by atoms with Crippen LogP contribution < -0.4 is 0 Å². The second-order valence-corrected chi connectivity index (χ2v) is 9.80. The van der Waals surface area contributed by atoms with E-state index in [-0.39, 0.29) is 11.4 Å². The summed E-state index contributed by atoms with van der Waals surface area (Å²) in [6.45, 7) is 4.05. The van der Waals surface area contributed by atoms with Crippen LogP contribution in [0.5, 0.6) is 0 Å². The van der Waals surface area contributed by atoms with E-state index in [1.807, 2.05) is 6.08 Å². The zero-order valence-corrected chi connectivity index (χ0v) is 21.7. The van der Waals surface area contributed by atoms with E-state index < -0.39 is 11.6 Å². The maximum absolute atomic E-state index is 14.3. The van der Waals surface area contributed by atoms with Crippen LogP contribution in [0.3, 0.4) is 0 Å². The van der Waals surface area contributed by atoms with Gasteiger partial charge in [-0.1, -0.05) is 42.0 Å². The molecule has 0 saturated heterocycles. The normalized spacial score (nSPS) is 19.7. The molecule has 3 heterocycles. The van der Waals surface area contributed by atoms with Gasteiger partial charge in [0.25, 0.3) is 0 Å². The summed E-state index contributed by atoms with van der Waals surface area (Å²) in [6, 6.07) is 12.5. The lowest BCUT2D eigenvalue weighted by Gasteiger charge is -2.16. The zero-order valence-electron chi connectivity index (χ0n) is 21.7. The van der Waals surface area contributed by atoms with E-state index >= 15 is 0 Å². The lowest BCUT2D eigenvalue weighted by atomic mass is 9.94. The van der Waals surface area contributed by atoms with Gasteiger partial charge in [-0.2, -0.15) is 0 Å². The molecule has 196 valence electrons. The smallest absolute Gasteiger partial charge is 0.169 e. The van der Waals surface area contributed by atoms with E-state index in [1.54, 1.807) is 13.3 Å². The van der Waals surface area contributed by atoms with Gasteiger partial charge in [0.2, 0.25) is 0 Å². The second kappa shape index (κ2) is 11.8. The van der Waals surface area contributed by atoms with E-state index in [0.29, 0.717) is 37.1 Å². The number of ether oxygens (including phenoxy) is 2. The van der Waals surface area contributed by atoms with Gasteiger partial charge in [0.15, 0.2) is 17.5 Å². The summed E-state index contributed by atoms with van der Waals surface area (Å²) in [4.78, 5) is 13.6. The van der Waals surface area contributed by atoms with Gasteiger partial charge in [0.1, 0.15) is 5.71 Å². The predicted molar refractivity (Wildman–Crippen MR) is 148 cm³/mol. The van der Waals surface area contributed by atoms with Crippen molar-refractivity contribution in [3.63, 3.8) is 0 Å². The van der Waals surface area contributed by atoms with Crippen LogP contribution in [0.4, 0.5) is 8.78 Å². The fourth-order valence-corrected chi connectivity index (χ4v) is 4.89. The van der Waals surface area contributed by atoms with Crippen LogP contribution in [0, 0.1) is 17.6 Å². The van der Waals surface area contributed by atoms with Crippen molar-refractivity contribution in [1.29, 1.82) is 0 Å². The third-order valence-electron chi connectivity index (χ3n) is 6.99. The molecule has 1 atom stereocenters. The van der Waals surface area contributed by atoms with Crippen molar-refractivity contribution in [2.45, 2.75) is 39.2 Å². The number of allylic oxidation sites excluding steroid dienone is 5. The first-order valence-electron chi connectivity index (χ1n) is 13.0. The zero-order chi connectivity index (χ0) is 26.5. The first kappa shape index (κ1) is 25.9. The van der Waals surface area contributed by atoms with E-state index in [9.17, 15) is 8.78 Å². The molecule has 5 rings (SSSR count). The highest BCUT2D eigenvalue weighted by atomic mass is 19.2. The highest BCUT2D eigenvalue weighted by Gasteiger charge is 2.22. The number of halogens is 2. The van der Waals surface area contributed by atoms with E-state index in [0.717, 1.165) is 43.1 Å². The molecule has 38 heavy (non-hydrogen) atoms. The molecule has 0 fully saturated rings. The molecule has 3 aliphatic rings. The molecule has 0 aromatic heterocycles. The summed E-state index contributed by atoms with van der Waals surface area (Å²) >= 11 is 0. The molecule has 3 aliphatic heterocycles. The van der Waals surface area contributed by atoms with Gasteiger partial charge in [-0.3, -0.25) is 4.99 Å². The van der Waals surface area contributed by atoms with Gasteiger partial charge >= 0.3 is 0 Å². The Labute approximate surface area is 222 Å². The molecule has 0 spiro atoms. The lowest BCUT2D eigenvalue weighted by molar-refractivity contribution is 0.185. The van der Waals surface area contributed by atoms with Gasteiger partial charge in [0.05, 0.1) is 30.2 Å². The SMILES string of the molecule is COCc1ccc(C2=C(C)CCOC(CC3CCC=C4N=C(c5cccc(F)c5F)N=C4C=NC3)=C2)cc1. The van der Waals surface area contributed by atoms with Crippen LogP contribution in [-0.2, 0) is 16.1 Å². The van der Waals surface area contributed by atoms with Crippen LogP contribution in [0.1, 0.15) is 49.3 Å². The average molecular weight is 516 g/mol. The van der Waals surface area contributed by atoms with E-state index in [1.165, 1.54) is 28.8 Å². The summed E-state index contributed by atoms with van der Waals surface area (Å²) < 4.78 is 39.4. The van der Waals surface area contributed by atoms with E-state index in [2.05, 4.69) is 52.2 Å². The molecule has 0 bridgehead atoms. The van der Waals surface area contributed by atoms with Crippen LogP contribution >= 0.6 is 0 Å². The van der Waals surface area contributed by atoms with Gasteiger partial charge in [-0.05, 0) is 60.6 Å². The number of rotatable bonds is 6. The van der Waals surface area contributed by atoms with Gasteiger partial charge in [-0.15, -0.1) is 0 Å². The highest BCUT2D eigenvalue weighted by Crippen LogP contribution is 2.31. The Morgan fingerprint density at radius 2 is 1.92 bits per heavy atom. The van der Waals surface area contributed by atoms with Crippen molar-refractivity contribution in [3.8, 4) is 0 Å². The molecule has 2 aromatic carbocycles. The minimum absolute atomic E-state index is 0.0548. The van der Waals surface area contributed by atoms with Gasteiger partial charge in [0, 0.05) is 32.7 Å². The third kappa shape index (κ3) is 5.89.